The van der Waals surface area contributed by atoms with E-state index in [4.69, 9.17) is 19.8 Å². The van der Waals surface area contributed by atoms with Gasteiger partial charge in [-0.2, -0.15) is 21.9 Å². The van der Waals surface area contributed by atoms with Gasteiger partial charge in [0.1, 0.15) is 5.03 Å². The molecule has 0 amide bonds. The van der Waals surface area contributed by atoms with Gasteiger partial charge in [0.25, 0.3) is 0 Å². The fourth-order valence-corrected chi connectivity index (χ4v) is 5.38. The van der Waals surface area contributed by atoms with Crippen molar-refractivity contribution in [1.82, 2.24) is 13.6 Å². The monoisotopic (exact) mass is 455 g/mol. The number of fused-ring (bicyclic) bond motifs is 2. The first-order valence-electron chi connectivity index (χ1n) is 9.38. The second-order valence-electron chi connectivity index (χ2n) is 7.11. The zero-order valence-electron chi connectivity index (χ0n) is 15.7. The number of halogens is 3. The van der Waals surface area contributed by atoms with E-state index in [0.717, 1.165) is 29.4 Å². The Hall–Kier alpha value is -1.40. The summed E-state index contributed by atoms with van der Waals surface area (Å²) in [4.78, 5) is 20.7. The van der Waals surface area contributed by atoms with E-state index in [1.165, 1.54) is 37.7 Å². The molecule has 3 heterocycles. The third-order valence-electron chi connectivity index (χ3n) is 4.93. The van der Waals surface area contributed by atoms with E-state index < -0.39 is 24.5 Å². The lowest BCUT2D eigenvalue weighted by molar-refractivity contribution is -0.159. The van der Waals surface area contributed by atoms with Crippen LogP contribution in [-0.4, -0.2) is 67.4 Å². The van der Waals surface area contributed by atoms with Gasteiger partial charge in [-0.1, -0.05) is 6.42 Å². The summed E-state index contributed by atoms with van der Waals surface area (Å²) >= 11 is 2.94. The number of aromatic nitrogens is 2. The molecule has 0 spiro atoms. The van der Waals surface area contributed by atoms with Crippen LogP contribution in [0.1, 0.15) is 50.1 Å². The van der Waals surface area contributed by atoms with Crippen molar-refractivity contribution in [2.24, 2.45) is 5.92 Å². The topological polar surface area (TPSA) is 104 Å². The largest absolute Gasteiger partial charge is 0.473 e. The van der Waals surface area contributed by atoms with Crippen molar-refractivity contribution >= 4 is 35.4 Å². The maximum absolute atomic E-state index is 12.1. The van der Waals surface area contributed by atoms with Crippen LogP contribution in [0.25, 0.3) is 0 Å². The number of hydrogen-bond acceptors (Lipinski definition) is 7. The Bertz CT molecular complexity index is 675. The Morgan fingerprint density at radius 1 is 1.14 bits per heavy atom. The van der Waals surface area contributed by atoms with Crippen LogP contribution >= 0.6 is 23.5 Å². The zero-order chi connectivity index (χ0) is 21.4. The second kappa shape index (κ2) is 11.1. The molecule has 0 radical (unpaired) electrons. The smallest absolute Gasteiger partial charge is 0.414 e. The van der Waals surface area contributed by atoms with Crippen molar-refractivity contribution in [2.75, 3.05) is 25.4 Å². The van der Waals surface area contributed by atoms with E-state index in [1.807, 2.05) is 0 Å². The van der Waals surface area contributed by atoms with Crippen molar-refractivity contribution in [3.05, 3.63) is 5.69 Å². The number of aliphatic carboxylic acids is 2. The van der Waals surface area contributed by atoms with Crippen LogP contribution in [0.4, 0.5) is 13.2 Å². The van der Waals surface area contributed by atoms with Gasteiger partial charge in [0, 0.05) is 25.4 Å². The molecule has 1 aromatic rings. The third kappa shape index (κ3) is 8.09. The summed E-state index contributed by atoms with van der Waals surface area (Å²) in [6.07, 6.45) is -0.473. The maximum atomic E-state index is 12.1. The summed E-state index contributed by atoms with van der Waals surface area (Å²) in [5, 5.41) is 15.8. The number of nitrogens with zero attached hydrogens (tertiary/aromatic N) is 3. The van der Waals surface area contributed by atoms with Crippen molar-refractivity contribution in [3.63, 3.8) is 0 Å². The van der Waals surface area contributed by atoms with Crippen molar-refractivity contribution in [3.8, 4) is 0 Å². The molecule has 2 saturated heterocycles. The highest BCUT2D eigenvalue weighted by Gasteiger charge is 2.38. The van der Waals surface area contributed by atoms with Gasteiger partial charge in [-0.15, -0.1) is 11.8 Å². The normalized spacial score (nSPS) is 23.3. The summed E-state index contributed by atoms with van der Waals surface area (Å²) in [6.45, 7) is 3.48. The second-order valence-corrected chi connectivity index (χ2v) is 8.72. The number of alkyl halides is 3. The van der Waals surface area contributed by atoms with Crippen LogP contribution in [0.5, 0.6) is 0 Å². The van der Waals surface area contributed by atoms with Gasteiger partial charge in [-0.3, -0.25) is 0 Å². The van der Waals surface area contributed by atoms with Gasteiger partial charge < -0.3 is 15.1 Å². The number of carboxylic acids is 2. The molecule has 0 aromatic carbocycles. The summed E-state index contributed by atoms with van der Waals surface area (Å²) in [6, 6.07) is 0. The number of thioether (sulfide) groups is 1. The molecule has 2 aliphatic heterocycles. The lowest BCUT2D eigenvalue weighted by Crippen LogP contribution is -2.25. The molecule has 3 atom stereocenters. The van der Waals surface area contributed by atoms with Crippen molar-refractivity contribution < 1.29 is 33.0 Å². The summed E-state index contributed by atoms with van der Waals surface area (Å²) in [5.74, 6) is -1.61. The predicted octanol–water partition coefficient (Wildman–Crippen LogP) is 3.72. The number of hydrogen-bond donors (Lipinski definition) is 2. The van der Waals surface area contributed by atoms with Gasteiger partial charge in [0.15, 0.2) is 0 Å². The molecule has 7 nitrogen and oxygen atoms in total. The molecule has 2 fully saturated rings. The van der Waals surface area contributed by atoms with Crippen LogP contribution in [0, 0.1) is 5.92 Å². The average Bonchev–Trinajstić information content (AvgIpc) is 3.21. The first-order valence-corrected chi connectivity index (χ1v) is 11.1. The molecule has 29 heavy (non-hydrogen) atoms. The predicted molar refractivity (Wildman–Crippen MR) is 102 cm³/mol. The Morgan fingerprint density at radius 3 is 2.48 bits per heavy atom. The van der Waals surface area contributed by atoms with E-state index in [9.17, 15) is 13.2 Å². The van der Waals surface area contributed by atoms with Gasteiger partial charge in [0.05, 0.1) is 17.4 Å². The zero-order valence-corrected chi connectivity index (χ0v) is 17.4. The number of carboxylic acid groups (broad SMARTS) is 2. The fourth-order valence-electron chi connectivity index (χ4n) is 3.61. The highest BCUT2D eigenvalue weighted by Crippen LogP contribution is 2.41. The molecule has 12 heteroatoms. The number of unbranched alkanes of at least 4 members (excludes halogenated alkanes) is 2. The van der Waals surface area contributed by atoms with E-state index in [0.29, 0.717) is 18.3 Å². The summed E-state index contributed by atoms with van der Waals surface area (Å²) in [7, 11) is 0. The SMILES string of the molecule is FC(F)(F)CCCCCSc1nsnc1C1CN2CCCC1C2.O=C(O)C(=O)O. The van der Waals surface area contributed by atoms with Crippen LogP contribution < -0.4 is 0 Å². The first-order chi connectivity index (χ1) is 13.7. The van der Waals surface area contributed by atoms with E-state index in [-0.39, 0.29) is 6.42 Å². The molecular formula is C17H24F3N3O4S2. The van der Waals surface area contributed by atoms with Crippen LogP contribution in [0.15, 0.2) is 5.03 Å². The van der Waals surface area contributed by atoms with Crippen LogP contribution in [-0.2, 0) is 9.59 Å². The molecule has 0 saturated carbocycles. The van der Waals surface area contributed by atoms with Crippen LogP contribution in [0.3, 0.4) is 0 Å². The first kappa shape index (κ1) is 23.9. The van der Waals surface area contributed by atoms with E-state index in [2.05, 4.69) is 13.6 Å². The van der Waals surface area contributed by atoms with Gasteiger partial charge in [-0.05, 0) is 43.9 Å². The molecule has 2 bridgehead atoms. The van der Waals surface area contributed by atoms with Gasteiger partial charge in [0.2, 0.25) is 0 Å². The number of carbonyl (C=O) groups is 2. The lowest BCUT2D eigenvalue weighted by atomic mass is 9.89. The van der Waals surface area contributed by atoms with Gasteiger partial charge in [-0.25, -0.2) is 9.59 Å². The number of piperidine rings is 1. The molecule has 164 valence electrons. The van der Waals surface area contributed by atoms with Crippen molar-refractivity contribution in [1.29, 1.82) is 0 Å². The van der Waals surface area contributed by atoms with Gasteiger partial charge >= 0.3 is 18.1 Å². The minimum absolute atomic E-state index is 0.228. The quantitative estimate of drug-likeness (QED) is 0.364. The number of rotatable bonds is 7. The highest BCUT2D eigenvalue weighted by molar-refractivity contribution is 7.99. The van der Waals surface area contributed by atoms with E-state index in [1.54, 1.807) is 11.8 Å². The Balaban J connectivity index is 0.000000438. The standard InChI is InChI=1S/C15H22F3N3S2.C2H2O4/c16-15(17,18)6-2-1-3-8-22-14-13(19-23-20-14)12-10-21-7-4-5-11(12)9-21;3-1(4)2(5)6/h11-12H,1-10H2;(H,3,4)(H,5,6). The Morgan fingerprint density at radius 2 is 1.86 bits per heavy atom. The Kier molecular flexibility index (Phi) is 9.15. The molecule has 3 rings (SSSR count). The minimum Gasteiger partial charge on any atom is -0.473 e. The summed E-state index contributed by atoms with van der Waals surface area (Å²) in [5.41, 5.74) is 1.14. The molecule has 1 aromatic heterocycles. The Labute approximate surface area is 175 Å². The minimum atomic E-state index is -4.02. The maximum Gasteiger partial charge on any atom is 0.414 e. The lowest BCUT2D eigenvalue weighted by Gasteiger charge is -2.21. The average molecular weight is 456 g/mol. The fraction of sp³-hybridized carbons (Fsp3) is 0.765. The highest BCUT2D eigenvalue weighted by atomic mass is 32.2. The van der Waals surface area contributed by atoms with E-state index >= 15 is 0 Å². The molecule has 2 aliphatic rings. The van der Waals surface area contributed by atoms with Crippen molar-refractivity contribution in [2.45, 2.75) is 55.6 Å². The molecule has 0 aliphatic carbocycles. The summed E-state index contributed by atoms with van der Waals surface area (Å²) < 4.78 is 45.3. The molecular weight excluding hydrogens is 431 g/mol. The third-order valence-corrected chi connectivity index (χ3v) is 6.65. The molecule has 3 unspecified atom stereocenters. The molecule has 2 N–H and O–H groups in total. The van der Waals surface area contributed by atoms with Crippen LogP contribution in [0.2, 0.25) is 0 Å².